The fourth-order valence-corrected chi connectivity index (χ4v) is 1.21. The first kappa shape index (κ1) is 10.6. The van der Waals surface area contributed by atoms with Gasteiger partial charge in [-0.05, 0) is 18.4 Å². The molecule has 1 aromatic carbocycles. The van der Waals surface area contributed by atoms with Crippen molar-refractivity contribution < 1.29 is 10.0 Å². The van der Waals surface area contributed by atoms with Gasteiger partial charge in [-0.25, -0.2) is 0 Å². The molecule has 0 aromatic heterocycles. The van der Waals surface area contributed by atoms with E-state index in [1.54, 1.807) is 0 Å². The van der Waals surface area contributed by atoms with Gasteiger partial charge >= 0.3 is 7.12 Å². The van der Waals surface area contributed by atoms with Crippen LogP contribution in [0.1, 0.15) is 12.0 Å². The largest absolute Gasteiger partial charge is 0.470 e. The Morgan fingerprint density at radius 2 is 1.85 bits per heavy atom. The molecule has 0 amide bonds. The quantitative estimate of drug-likeness (QED) is 0.564. The molecule has 0 aliphatic carbocycles. The van der Waals surface area contributed by atoms with Crippen LogP contribution < -0.4 is 0 Å². The monoisotopic (exact) mass is 198 g/mol. The van der Waals surface area contributed by atoms with E-state index in [1.165, 1.54) is 0 Å². The molecule has 0 heterocycles. The third-order valence-electron chi connectivity index (χ3n) is 1.88. The highest BCUT2D eigenvalue weighted by Gasteiger charge is 2.19. The smallest absolute Gasteiger partial charge is 0.426 e. The van der Waals surface area contributed by atoms with Crippen molar-refractivity contribution in [2.24, 2.45) is 0 Å². The summed E-state index contributed by atoms with van der Waals surface area (Å²) in [5.74, 6) is 0. The zero-order valence-electron chi connectivity index (χ0n) is 7.23. The molecule has 0 saturated heterocycles. The van der Waals surface area contributed by atoms with Crippen LogP contribution in [-0.2, 0) is 6.42 Å². The Balaban J connectivity index is 2.35. The Bertz CT molecular complexity index is 241. The Labute approximate surface area is 83.3 Å². The van der Waals surface area contributed by atoms with Crippen LogP contribution in [0.4, 0.5) is 0 Å². The lowest BCUT2D eigenvalue weighted by molar-refractivity contribution is 0.398. The van der Waals surface area contributed by atoms with Crippen molar-refractivity contribution in [1.82, 2.24) is 0 Å². The van der Waals surface area contributed by atoms with Crippen molar-refractivity contribution >= 4 is 18.7 Å². The lowest BCUT2D eigenvalue weighted by atomic mass is 9.82. The van der Waals surface area contributed by atoms with Crippen LogP contribution in [0.15, 0.2) is 30.3 Å². The number of rotatable bonds is 4. The first-order valence-corrected chi connectivity index (χ1v) is 4.68. The normalized spacial score (nSPS) is 12.5. The topological polar surface area (TPSA) is 40.5 Å². The van der Waals surface area contributed by atoms with Crippen molar-refractivity contribution in [3.05, 3.63) is 35.9 Å². The Morgan fingerprint density at radius 3 is 2.38 bits per heavy atom. The molecule has 0 bridgehead atoms. The van der Waals surface area contributed by atoms with Crippen LogP contribution >= 0.6 is 11.6 Å². The number of halogens is 1. The summed E-state index contributed by atoms with van der Waals surface area (Å²) in [5, 5.41) is 16.9. The molecule has 0 aliphatic rings. The van der Waals surface area contributed by atoms with Gasteiger partial charge in [-0.15, -0.1) is 11.6 Å². The van der Waals surface area contributed by atoms with Crippen LogP contribution in [0.25, 0.3) is 0 Å². The number of hydrogen-bond donors (Lipinski definition) is 2. The van der Waals surface area contributed by atoms with Crippen LogP contribution in [0.2, 0.25) is 0 Å². The molecule has 2 N–H and O–H groups in total. The molecule has 1 atom stereocenters. The molecule has 0 unspecified atom stereocenters. The zero-order valence-corrected chi connectivity index (χ0v) is 7.98. The average molecular weight is 198 g/mol. The standard InChI is InChI=1S/C9H12BClO2/c11-9(10(12)13)7-6-8-4-2-1-3-5-8/h1-5,9,12-13H,6-7H2/t9-/m1/s1. The van der Waals surface area contributed by atoms with E-state index in [2.05, 4.69) is 0 Å². The van der Waals surface area contributed by atoms with Gasteiger partial charge in [0, 0.05) is 0 Å². The summed E-state index contributed by atoms with van der Waals surface area (Å²) in [6.45, 7) is 0. The van der Waals surface area contributed by atoms with Crippen molar-refractivity contribution in [2.75, 3.05) is 0 Å². The van der Waals surface area contributed by atoms with Crippen molar-refractivity contribution in [1.29, 1.82) is 0 Å². The predicted octanol–water partition coefficient (Wildman–Crippen LogP) is 1.24. The van der Waals surface area contributed by atoms with Gasteiger partial charge in [0.1, 0.15) is 0 Å². The number of benzene rings is 1. The van der Waals surface area contributed by atoms with Gasteiger partial charge in [0.05, 0.1) is 5.28 Å². The van der Waals surface area contributed by atoms with Crippen molar-refractivity contribution in [3.8, 4) is 0 Å². The molecule has 0 fully saturated rings. The van der Waals surface area contributed by atoms with Crippen LogP contribution in [0.3, 0.4) is 0 Å². The van der Waals surface area contributed by atoms with E-state index in [0.29, 0.717) is 6.42 Å². The average Bonchev–Trinajstić information content (AvgIpc) is 2.15. The zero-order chi connectivity index (χ0) is 9.68. The minimum absolute atomic E-state index is 0.573. The predicted molar refractivity (Wildman–Crippen MR) is 54.6 cm³/mol. The summed E-state index contributed by atoms with van der Waals surface area (Å²) in [7, 11) is -1.43. The van der Waals surface area contributed by atoms with Crippen LogP contribution in [-0.4, -0.2) is 22.4 Å². The number of aryl methyl sites for hydroxylation is 1. The highest BCUT2D eigenvalue weighted by Crippen LogP contribution is 2.09. The second kappa shape index (κ2) is 5.27. The molecule has 70 valence electrons. The van der Waals surface area contributed by atoms with Gasteiger partial charge in [0.25, 0.3) is 0 Å². The maximum absolute atomic E-state index is 8.72. The molecule has 1 rings (SSSR count). The summed E-state index contributed by atoms with van der Waals surface area (Å²) in [5.41, 5.74) is 1.16. The summed E-state index contributed by atoms with van der Waals surface area (Å²) >= 11 is 5.67. The molecule has 0 aliphatic heterocycles. The van der Waals surface area contributed by atoms with E-state index in [9.17, 15) is 0 Å². The molecule has 0 radical (unpaired) electrons. The first-order chi connectivity index (χ1) is 6.20. The van der Waals surface area contributed by atoms with E-state index < -0.39 is 12.4 Å². The maximum Gasteiger partial charge on any atom is 0.470 e. The molecular weight excluding hydrogens is 186 g/mol. The maximum atomic E-state index is 8.72. The molecule has 1 aromatic rings. The fraction of sp³-hybridized carbons (Fsp3) is 0.333. The number of hydrogen-bond acceptors (Lipinski definition) is 2. The second-order valence-electron chi connectivity index (χ2n) is 2.95. The molecule has 0 saturated carbocycles. The molecule has 13 heavy (non-hydrogen) atoms. The molecule has 2 nitrogen and oxygen atoms in total. The summed E-state index contributed by atoms with van der Waals surface area (Å²) in [6.07, 6.45) is 1.34. The molecule has 0 spiro atoms. The lowest BCUT2D eigenvalue weighted by Crippen LogP contribution is -2.26. The third-order valence-corrected chi connectivity index (χ3v) is 2.32. The first-order valence-electron chi connectivity index (χ1n) is 4.24. The van der Waals surface area contributed by atoms with Crippen molar-refractivity contribution in [3.63, 3.8) is 0 Å². The van der Waals surface area contributed by atoms with E-state index in [-0.39, 0.29) is 0 Å². The summed E-state index contributed by atoms with van der Waals surface area (Å²) < 4.78 is 0. The number of alkyl halides is 1. The summed E-state index contributed by atoms with van der Waals surface area (Å²) in [6, 6.07) is 9.84. The van der Waals surface area contributed by atoms with Gasteiger partial charge < -0.3 is 10.0 Å². The van der Waals surface area contributed by atoms with Gasteiger partial charge in [-0.3, -0.25) is 0 Å². The van der Waals surface area contributed by atoms with Gasteiger partial charge in [0.15, 0.2) is 0 Å². The Kier molecular flexibility index (Phi) is 4.29. The Morgan fingerprint density at radius 1 is 1.23 bits per heavy atom. The Hall–Kier alpha value is -0.505. The van der Waals surface area contributed by atoms with Gasteiger partial charge in [-0.1, -0.05) is 30.3 Å². The van der Waals surface area contributed by atoms with Gasteiger partial charge in [0.2, 0.25) is 0 Å². The van der Waals surface area contributed by atoms with E-state index in [4.69, 9.17) is 21.6 Å². The second-order valence-corrected chi connectivity index (χ2v) is 3.51. The van der Waals surface area contributed by atoms with Crippen molar-refractivity contribution in [2.45, 2.75) is 18.1 Å². The third kappa shape index (κ3) is 3.81. The van der Waals surface area contributed by atoms with E-state index >= 15 is 0 Å². The highest BCUT2D eigenvalue weighted by molar-refractivity contribution is 6.57. The highest BCUT2D eigenvalue weighted by atomic mass is 35.5. The molecule has 4 heteroatoms. The van der Waals surface area contributed by atoms with Crippen LogP contribution in [0, 0.1) is 0 Å². The molecular formula is C9H12BClO2. The lowest BCUT2D eigenvalue weighted by Gasteiger charge is -2.06. The minimum atomic E-state index is -1.43. The van der Waals surface area contributed by atoms with Crippen LogP contribution in [0.5, 0.6) is 0 Å². The van der Waals surface area contributed by atoms with Gasteiger partial charge in [-0.2, -0.15) is 0 Å². The van der Waals surface area contributed by atoms with E-state index in [0.717, 1.165) is 12.0 Å². The summed E-state index contributed by atoms with van der Waals surface area (Å²) in [4.78, 5) is 0. The SMILES string of the molecule is OB(O)[C@H](Cl)CCc1ccccc1. The van der Waals surface area contributed by atoms with E-state index in [1.807, 2.05) is 30.3 Å². The minimum Gasteiger partial charge on any atom is -0.426 e. The fourth-order valence-electron chi connectivity index (χ4n) is 1.10.